The molecule has 0 heterocycles. The number of nitrogens with one attached hydrogen (secondary N) is 1. The van der Waals surface area contributed by atoms with Crippen molar-refractivity contribution in [1.82, 2.24) is 4.72 Å². The molecule has 0 saturated carbocycles. The van der Waals surface area contributed by atoms with E-state index in [-0.39, 0.29) is 28.4 Å². The largest absolute Gasteiger partial charge is 0.449 e. The normalized spacial score (nSPS) is 11.9. The number of anilines is 1. The average Bonchev–Trinajstić information content (AvgIpc) is 2.74. The van der Waals surface area contributed by atoms with E-state index in [1.54, 1.807) is 30.3 Å². The van der Waals surface area contributed by atoms with Crippen LogP contribution in [-0.2, 0) is 19.6 Å². The number of hydrogen-bond acceptors (Lipinski definition) is 6. The van der Waals surface area contributed by atoms with Crippen LogP contribution < -0.4 is 9.62 Å². The molecule has 8 nitrogen and oxygen atoms in total. The lowest BCUT2D eigenvalue weighted by molar-refractivity contribution is -0.126. The molecule has 2 rings (SSSR count). The van der Waals surface area contributed by atoms with E-state index >= 15 is 0 Å². The number of sulfonamides is 1. The van der Waals surface area contributed by atoms with Crippen LogP contribution in [0, 0.1) is 11.3 Å². The van der Waals surface area contributed by atoms with E-state index in [9.17, 15) is 18.0 Å². The number of benzene rings is 2. The number of amides is 1. The van der Waals surface area contributed by atoms with Crippen molar-refractivity contribution in [3.63, 3.8) is 0 Å². The van der Waals surface area contributed by atoms with Gasteiger partial charge in [0, 0.05) is 12.2 Å². The summed E-state index contributed by atoms with van der Waals surface area (Å²) in [5.74, 6) is -1.39. The molecule has 1 N–H and O–H groups in total. The third kappa shape index (κ3) is 5.57. The van der Waals surface area contributed by atoms with Crippen molar-refractivity contribution in [2.24, 2.45) is 0 Å². The molecule has 0 unspecified atom stereocenters. The number of nitriles is 1. The predicted octanol–water partition coefficient (Wildman–Crippen LogP) is 2.74. The van der Waals surface area contributed by atoms with Crippen molar-refractivity contribution < 1.29 is 22.7 Å². The molecule has 10 heteroatoms. The van der Waals surface area contributed by atoms with Crippen molar-refractivity contribution in [2.45, 2.75) is 24.3 Å². The van der Waals surface area contributed by atoms with Crippen LogP contribution in [0.1, 0.15) is 23.7 Å². The lowest BCUT2D eigenvalue weighted by Gasteiger charge is -2.25. The lowest BCUT2D eigenvalue weighted by Crippen LogP contribution is -2.40. The summed E-state index contributed by atoms with van der Waals surface area (Å²) in [5, 5.41) is 8.81. The molecule has 0 radical (unpaired) electrons. The lowest BCUT2D eigenvalue weighted by atomic mass is 10.2. The first-order chi connectivity index (χ1) is 14.2. The topological polar surface area (TPSA) is 117 Å². The minimum Gasteiger partial charge on any atom is -0.449 e. The van der Waals surface area contributed by atoms with Gasteiger partial charge >= 0.3 is 5.97 Å². The van der Waals surface area contributed by atoms with Gasteiger partial charge in [-0.25, -0.2) is 17.9 Å². The van der Waals surface area contributed by atoms with Crippen LogP contribution in [0.5, 0.6) is 0 Å². The van der Waals surface area contributed by atoms with Crippen LogP contribution >= 0.6 is 11.6 Å². The maximum absolute atomic E-state index is 12.9. The SMILES string of the molecule is CNS(=O)(=O)c1cc(C(=O)O[C@@H](C)C(=O)N(CCC#N)c2ccccc2)ccc1Cl. The first-order valence-electron chi connectivity index (χ1n) is 8.88. The maximum atomic E-state index is 12.9. The average molecular weight is 450 g/mol. The molecule has 0 saturated heterocycles. The van der Waals surface area contributed by atoms with Crippen LogP contribution in [0.3, 0.4) is 0 Å². The van der Waals surface area contributed by atoms with Crippen molar-refractivity contribution >= 4 is 39.2 Å². The Kier molecular flexibility index (Phi) is 7.94. The van der Waals surface area contributed by atoms with E-state index in [1.165, 1.54) is 31.0 Å². The van der Waals surface area contributed by atoms with Gasteiger partial charge in [0.05, 0.1) is 23.1 Å². The van der Waals surface area contributed by atoms with E-state index in [0.29, 0.717) is 5.69 Å². The van der Waals surface area contributed by atoms with Crippen molar-refractivity contribution in [2.75, 3.05) is 18.5 Å². The number of esters is 1. The zero-order valence-corrected chi connectivity index (χ0v) is 17.9. The molecule has 0 spiro atoms. The number of ether oxygens (including phenoxy) is 1. The van der Waals surface area contributed by atoms with E-state index in [0.717, 1.165) is 6.07 Å². The van der Waals surface area contributed by atoms with Gasteiger partial charge in [0.15, 0.2) is 6.10 Å². The van der Waals surface area contributed by atoms with Gasteiger partial charge in [-0.1, -0.05) is 29.8 Å². The summed E-state index contributed by atoms with van der Waals surface area (Å²) in [6.45, 7) is 1.54. The molecule has 158 valence electrons. The Morgan fingerprint density at radius 2 is 1.90 bits per heavy atom. The smallest absolute Gasteiger partial charge is 0.338 e. The van der Waals surface area contributed by atoms with Crippen molar-refractivity contribution in [3.8, 4) is 6.07 Å². The van der Waals surface area contributed by atoms with Gasteiger partial charge in [0.1, 0.15) is 4.90 Å². The molecule has 0 aliphatic carbocycles. The highest BCUT2D eigenvalue weighted by atomic mass is 35.5. The number of nitrogens with zero attached hydrogens (tertiary/aromatic N) is 2. The monoisotopic (exact) mass is 449 g/mol. The molecule has 2 aromatic rings. The van der Waals surface area contributed by atoms with Gasteiger partial charge in [0.2, 0.25) is 10.0 Å². The Labute approximate surface area is 180 Å². The van der Waals surface area contributed by atoms with Gasteiger partial charge in [-0.3, -0.25) is 4.79 Å². The van der Waals surface area contributed by atoms with Crippen molar-refractivity contribution in [3.05, 3.63) is 59.1 Å². The first-order valence-corrected chi connectivity index (χ1v) is 10.7. The third-order valence-electron chi connectivity index (χ3n) is 4.14. The van der Waals surface area contributed by atoms with E-state index in [1.807, 2.05) is 6.07 Å². The molecule has 0 fully saturated rings. The van der Waals surface area contributed by atoms with Crippen LogP contribution in [0.25, 0.3) is 0 Å². The Morgan fingerprint density at radius 3 is 2.50 bits per heavy atom. The minimum atomic E-state index is -3.88. The highest BCUT2D eigenvalue weighted by molar-refractivity contribution is 7.89. The van der Waals surface area contributed by atoms with E-state index in [4.69, 9.17) is 21.6 Å². The van der Waals surface area contributed by atoms with Gasteiger partial charge in [-0.05, 0) is 44.3 Å². The summed E-state index contributed by atoms with van der Waals surface area (Å²) in [4.78, 5) is 26.4. The first kappa shape index (κ1) is 23.3. The highest BCUT2D eigenvalue weighted by Gasteiger charge is 2.26. The Hall–Kier alpha value is -2.93. The molecule has 1 amide bonds. The highest BCUT2D eigenvalue weighted by Crippen LogP contribution is 2.23. The number of hydrogen-bond donors (Lipinski definition) is 1. The third-order valence-corrected chi connectivity index (χ3v) is 6.03. The molecular formula is C20H20ClN3O5S. The van der Waals surface area contributed by atoms with Gasteiger partial charge in [0.25, 0.3) is 5.91 Å². The fourth-order valence-corrected chi connectivity index (χ4v) is 3.83. The van der Waals surface area contributed by atoms with Crippen molar-refractivity contribution in [1.29, 1.82) is 5.26 Å². The fraction of sp³-hybridized carbons (Fsp3) is 0.250. The summed E-state index contributed by atoms with van der Waals surface area (Å²) in [5.41, 5.74) is 0.491. The summed E-state index contributed by atoms with van der Waals surface area (Å²) in [6.07, 6.45) is -1.07. The number of carbonyl (C=O) groups is 2. The maximum Gasteiger partial charge on any atom is 0.338 e. The second-order valence-corrected chi connectivity index (χ2v) is 8.40. The number of rotatable bonds is 8. The Bertz CT molecular complexity index is 1070. The summed E-state index contributed by atoms with van der Waals surface area (Å²) >= 11 is 5.92. The molecule has 0 bridgehead atoms. The number of halogens is 1. The van der Waals surface area contributed by atoms with Crippen LogP contribution in [0.15, 0.2) is 53.4 Å². The van der Waals surface area contributed by atoms with Gasteiger partial charge in [-0.15, -0.1) is 0 Å². The standard InChI is InChI=1S/C20H20ClN3O5S/c1-14(19(25)24(12-6-11-22)16-7-4-3-5-8-16)29-20(26)15-9-10-17(21)18(13-15)30(27,28)23-2/h3-5,7-10,13-14,23H,6,12H2,1-2H3/t14-/m0/s1. The number of carbonyl (C=O) groups excluding carboxylic acids is 2. The summed E-state index contributed by atoms with van der Waals surface area (Å²) in [7, 11) is -2.67. The van der Waals surface area contributed by atoms with Gasteiger partial charge in [-0.2, -0.15) is 5.26 Å². The molecule has 2 aromatic carbocycles. The molecule has 30 heavy (non-hydrogen) atoms. The fourth-order valence-electron chi connectivity index (χ4n) is 2.58. The molecular weight excluding hydrogens is 430 g/mol. The van der Waals surface area contributed by atoms with Crippen LogP contribution in [-0.4, -0.2) is 40.0 Å². The second kappa shape index (κ2) is 10.2. The van der Waals surface area contributed by atoms with E-state index < -0.39 is 28.0 Å². The molecule has 0 aliphatic rings. The Balaban J connectivity index is 2.22. The number of para-hydroxylation sites is 1. The van der Waals surface area contributed by atoms with E-state index in [2.05, 4.69) is 4.72 Å². The van der Waals surface area contributed by atoms with Crippen LogP contribution in [0.2, 0.25) is 5.02 Å². The second-order valence-electron chi connectivity index (χ2n) is 6.13. The van der Waals surface area contributed by atoms with Crippen LogP contribution in [0.4, 0.5) is 5.69 Å². The summed E-state index contributed by atoms with van der Waals surface area (Å²) < 4.78 is 31.5. The minimum absolute atomic E-state index is 0.0585. The summed E-state index contributed by atoms with van der Waals surface area (Å²) in [6, 6.07) is 14.3. The Morgan fingerprint density at radius 1 is 1.23 bits per heavy atom. The predicted molar refractivity (Wildman–Crippen MR) is 112 cm³/mol. The zero-order valence-electron chi connectivity index (χ0n) is 16.3. The molecule has 1 atom stereocenters. The zero-order chi connectivity index (χ0) is 22.3. The molecule has 0 aliphatic heterocycles. The molecule has 0 aromatic heterocycles. The quantitative estimate of drug-likeness (QED) is 0.619. The van der Waals surface area contributed by atoms with Gasteiger partial charge < -0.3 is 9.64 Å².